The first-order chi connectivity index (χ1) is 15.7. The van der Waals surface area contributed by atoms with E-state index in [1.54, 1.807) is 0 Å². The van der Waals surface area contributed by atoms with Gasteiger partial charge in [0.2, 0.25) is 0 Å². The zero-order chi connectivity index (χ0) is 26.1. The molecule has 186 valence electrons. The summed E-state index contributed by atoms with van der Waals surface area (Å²) in [5.41, 5.74) is -3.74. The molecule has 1 aromatic carbocycles. The van der Waals surface area contributed by atoms with E-state index in [1.165, 1.54) is 52.0 Å². The van der Waals surface area contributed by atoms with Crippen LogP contribution >= 0.6 is 0 Å². The number of hydrogen-bond acceptors (Lipinski definition) is 10. The second-order valence-corrected chi connectivity index (χ2v) is 7.98. The van der Waals surface area contributed by atoms with E-state index in [0.717, 1.165) is 12.2 Å². The van der Waals surface area contributed by atoms with Crippen molar-refractivity contribution in [2.24, 2.45) is 0 Å². The fraction of sp³-hybridized carbons (Fsp3) is 0.417. The van der Waals surface area contributed by atoms with Crippen LogP contribution in [0.2, 0.25) is 0 Å². The second kappa shape index (κ2) is 12.1. The molecular formula is C24H30O10. The molecule has 0 saturated carbocycles. The standard InChI is InChI=1S/C24H30O10/c1-7-19(25)33-15(3)23(5,29)13-31-21(27)17-11-9-10-12-18(17)22(28)32-14-24(6,30)16(4)34-20(26)8-2/h7-12,15-16,29-30H,1-2,13-14H2,3-6H3. The normalized spacial score (nSPS) is 15.9. The third-order valence-electron chi connectivity index (χ3n) is 5.03. The van der Waals surface area contributed by atoms with E-state index in [4.69, 9.17) is 18.9 Å². The molecule has 10 nitrogen and oxygen atoms in total. The molecule has 4 unspecified atom stereocenters. The molecule has 0 saturated heterocycles. The van der Waals surface area contributed by atoms with E-state index in [2.05, 4.69) is 13.2 Å². The minimum atomic E-state index is -1.72. The average molecular weight is 478 g/mol. The third kappa shape index (κ3) is 8.13. The van der Waals surface area contributed by atoms with Gasteiger partial charge in [-0.1, -0.05) is 25.3 Å². The van der Waals surface area contributed by atoms with Crippen molar-refractivity contribution < 1.29 is 48.3 Å². The van der Waals surface area contributed by atoms with Gasteiger partial charge in [0.1, 0.15) is 36.6 Å². The first-order valence-electron chi connectivity index (χ1n) is 10.3. The van der Waals surface area contributed by atoms with Crippen LogP contribution in [0.3, 0.4) is 0 Å². The molecule has 34 heavy (non-hydrogen) atoms. The van der Waals surface area contributed by atoms with Crippen LogP contribution < -0.4 is 0 Å². The van der Waals surface area contributed by atoms with Crippen molar-refractivity contribution in [2.45, 2.75) is 51.1 Å². The summed E-state index contributed by atoms with van der Waals surface area (Å²) in [6.45, 7) is 10.9. The van der Waals surface area contributed by atoms with Crippen molar-refractivity contribution in [2.75, 3.05) is 13.2 Å². The third-order valence-corrected chi connectivity index (χ3v) is 5.03. The Morgan fingerprint density at radius 2 is 1.15 bits per heavy atom. The van der Waals surface area contributed by atoms with Crippen molar-refractivity contribution in [3.63, 3.8) is 0 Å². The Labute approximate surface area is 197 Å². The van der Waals surface area contributed by atoms with Crippen LogP contribution in [-0.2, 0) is 28.5 Å². The van der Waals surface area contributed by atoms with Crippen LogP contribution in [0, 0.1) is 0 Å². The molecule has 0 aliphatic carbocycles. The van der Waals surface area contributed by atoms with Crippen molar-refractivity contribution in [3.05, 3.63) is 60.7 Å². The summed E-state index contributed by atoms with van der Waals surface area (Å²) in [5.74, 6) is -3.38. The van der Waals surface area contributed by atoms with Gasteiger partial charge in [-0.3, -0.25) is 0 Å². The van der Waals surface area contributed by atoms with Crippen LogP contribution in [0.4, 0.5) is 0 Å². The summed E-state index contributed by atoms with van der Waals surface area (Å²) in [4.78, 5) is 47.9. The first kappa shape index (κ1) is 28.5. The summed E-state index contributed by atoms with van der Waals surface area (Å²) >= 11 is 0. The van der Waals surface area contributed by atoms with Gasteiger partial charge in [0.25, 0.3) is 0 Å². The second-order valence-electron chi connectivity index (χ2n) is 7.98. The zero-order valence-electron chi connectivity index (χ0n) is 19.6. The van der Waals surface area contributed by atoms with E-state index in [-0.39, 0.29) is 11.1 Å². The number of rotatable bonds is 12. The molecule has 0 aliphatic heterocycles. The molecule has 4 atom stereocenters. The summed E-state index contributed by atoms with van der Waals surface area (Å²) in [7, 11) is 0. The minimum Gasteiger partial charge on any atom is -0.459 e. The number of benzene rings is 1. The first-order valence-corrected chi connectivity index (χ1v) is 10.3. The summed E-state index contributed by atoms with van der Waals surface area (Å²) in [5, 5.41) is 20.9. The van der Waals surface area contributed by atoms with Crippen molar-refractivity contribution in [1.82, 2.24) is 0 Å². The lowest BCUT2D eigenvalue weighted by molar-refractivity contribution is -0.160. The summed E-state index contributed by atoms with van der Waals surface area (Å²) < 4.78 is 20.2. The molecule has 0 amide bonds. The van der Waals surface area contributed by atoms with Crippen LogP contribution in [0.1, 0.15) is 48.4 Å². The average Bonchev–Trinajstić information content (AvgIpc) is 2.80. The monoisotopic (exact) mass is 478 g/mol. The van der Waals surface area contributed by atoms with Crippen LogP contribution in [-0.4, -0.2) is 70.7 Å². The number of aliphatic hydroxyl groups is 2. The zero-order valence-corrected chi connectivity index (χ0v) is 19.6. The Morgan fingerprint density at radius 1 is 0.824 bits per heavy atom. The van der Waals surface area contributed by atoms with Gasteiger partial charge in [0.05, 0.1) is 11.1 Å². The molecule has 0 radical (unpaired) electrons. The summed E-state index contributed by atoms with van der Waals surface area (Å²) in [6, 6.07) is 5.63. The molecule has 0 heterocycles. The number of esters is 4. The van der Waals surface area contributed by atoms with Gasteiger partial charge in [0, 0.05) is 12.2 Å². The Balaban J connectivity index is 2.86. The predicted octanol–water partition coefficient (Wildman–Crippen LogP) is 1.74. The highest BCUT2D eigenvalue weighted by atomic mass is 16.6. The molecule has 1 rings (SSSR count). The molecule has 0 aromatic heterocycles. The molecule has 0 bridgehead atoms. The Bertz CT molecular complexity index is 856. The largest absolute Gasteiger partial charge is 0.459 e. The van der Waals surface area contributed by atoms with E-state index in [0.29, 0.717) is 0 Å². The lowest BCUT2D eigenvalue weighted by Gasteiger charge is -2.29. The maximum Gasteiger partial charge on any atom is 0.339 e. The Kier molecular flexibility index (Phi) is 10.2. The van der Waals surface area contributed by atoms with E-state index >= 15 is 0 Å². The molecule has 1 aromatic rings. The summed E-state index contributed by atoms with van der Waals surface area (Å²) in [6.07, 6.45) is -0.180. The highest BCUT2D eigenvalue weighted by Gasteiger charge is 2.35. The molecule has 10 heteroatoms. The minimum absolute atomic E-state index is 0.148. The topological polar surface area (TPSA) is 146 Å². The van der Waals surface area contributed by atoms with Gasteiger partial charge < -0.3 is 29.2 Å². The van der Waals surface area contributed by atoms with Gasteiger partial charge in [-0.25, -0.2) is 19.2 Å². The SMILES string of the molecule is C=CC(=O)OC(C)C(C)(O)COC(=O)c1ccccc1C(=O)OCC(C)(O)C(C)OC(=O)C=C. The van der Waals surface area contributed by atoms with E-state index in [1.807, 2.05) is 0 Å². The fourth-order valence-electron chi connectivity index (χ4n) is 2.35. The van der Waals surface area contributed by atoms with E-state index < -0.39 is 60.5 Å². The van der Waals surface area contributed by atoms with E-state index in [9.17, 15) is 29.4 Å². The highest BCUT2D eigenvalue weighted by Crippen LogP contribution is 2.19. The molecule has 0 fully saturated rings. The van der Waals surface area contributed by atoms with Crippen LogP contribution in [0.25, 0.3) is 0 Å². The maximum atomic E-state index is 12.6. The quantitative estimate of drug-likeness (QED) is 0.259. The number of hydrogen-bond donors (Lipinski definition) is 2. The Hall–Kier alpha value is -3.50. The molecular weight excluding hydrogens is 448 g/mol. The Morgan fingerprint density at radius 3 is 1.44 bits per heavy atom. The predicted molar refractivity (Wildman–Crippen MR) is 120 cm³/mol. The van der Waals surface area contributed by atoms with Gasteiger partial charge in [-0.05, 0) is 39.8 Å². The van der Waals surface area contributed by atoms with Gasteiger partial charge >= 0.3 is 23.9 Å². The van der Waals surface area contributed by atoms with Gasteiger partial charge in [-0.15, -0.1) is 0 Å². The van der Waals surface area contributed by atoms with Crippen LogP contribution in [0.15, 0.2) is 49.6 Å². The van der Waals surface area contributed by atoms with Crippen molar-refractivity contribution in [3.8, 4) is 0 Å². The number of carbonyl (C=O) groups excluding carboxylic acids is 4. The van der Waals surface area contributed by atoms with Crippen molar-refractivity contribution in [1.29, 1.82) is 0 Å². The molecule has 0 spiro atoms. The lowest BCUT2D eigenvalue weighted by Crippen LogP contribution is -2.45. The maximum absolute atomic E-state index is 12.6. The smallest absolute Gasteiger partial charge is 0.339 e. The van der Waals surface area contributed by atoms with Gasteiger partial charge in [0.15, 0.2) is 0 Å². The molecule has 2 N–H and O–H groups in total. The number of ether oxygens (including phenoxy) is 4. The van der Waals surface area contributed by atoms with Gasteiger partial charge in [-0.2, -0.15) is 0 Å². The number of carbonyl (C=O) groups is 4. The fourth-order valence-corrected chi connectivity index (χ4v) is 2.35. The molecule has 0 aliphatic rings. The lowest BCUT2D eigenvalue weighted by atomic mass is 10.0. The van der Waals surface area contributed by atoms with Crippen molar-refractivity contribution >= 4 is 23.9 Å². The van der Waals surface area contributed by atoms with Crippen LogP contribution in [0.5, 0.6) is 0 Å². The highest BCUT2D eigenvalue weighted by molar-refractivity contribution is 6.03.